The SMILES string of the molecule is CCOC(=O)[C@@]12C[C@]1(C(=O)c1ccccc1)[C@H](O)c1ccc(OC)cc1O2. The van der Waals surface area contributed by atoms with Crippen LogP contribution in [0.3, 0.4) is 0 Å². The van der Waals surface area contributed by atoms with E-state index in [1.807, 2.05) is 0 Å². The molecular weight excluding hydrogens is 348 g/mol. The molecule has 4 rings (SSSR count). The van der Waals surface area contributed by atoms with E-state index in [0.717, 1.165) is 0 Å². The molecule has 27 heavy (non-hydrogen) atoms. The number of esters is 1. The molecule has 1 aliphatic heterocycles. The van der Waals surface area contributed by atoms with E-state index < -0.39 is 23.1 Å². The Balaban J connectivity index is 1.84. The smallest absolute Gasteiger partial charge is 0.351 e. The molecule has 3 atom stereocenters. The number of rotatable bonds is 5. The summed E-state index contributed by atoms with van der Waals surface area (Å²) < 4.78 is 16.4. The topological polar surface area (TPSA) is 82.1 Å². The first-order valence-electron chi connectivity index (χ1n) is 8.82. The van der Waals surface area contributed by atoms with Gasteiger partial charge in [-0.25, -0.2) is 4.79 Å². The molecule has 1 aliphatic carbocycles. The predicted molar refractivity (Wildman–Crippen MR) is 95.8 cm³/mol. The Morgan fingerprint density at radius 3 is 2.63 bits per heavy atom. The third-order valence-electron chi connectivity index (χ3n) is 5.44. The standard InChI is InChI=1S/C21H20O6/c1-3-26-19(24)21-12-20(21,17(22)13-7-5-4-6-8-13)18(23)15-10-9-14(25-2)11-16(15)27-21/h4-11,18,23H,3,12H2,1-2H3/t18-,20+,21+/m1/s1. The number of aliphatic hydroxyl groups excluding tert-OH is 1. The Hall–Kier alpha value is -2.86. The zero-order valence-corrected chi connectivity index (χ0v) is 15.1. The monoisotopic (exact) mass is 368 g/mol. The van der Waals surface area contributed by atoms with E-state index in [-0.39, 0.29) is 18.8 Å². The number of ketones is 1. The quantitative estimate of drug-likeness (QED) is 0.645. The summed E-state index contributed by atoms with van der Waals surface area (Å²) >= 11 is 0. The van der Waals surface area contributed by atoms with Crippen LogP contribution in [0.4, 0.5) is 0 Å². The van der Waals surface area contributed by atoms with Gasteiger partial charge in [-0.05, 0) is 19.1 Å². The van der Waals surface area contributed by atoms with Gasteiger partial charge in [-0.3, -0.25) is 4.79 Å². The highest BCUT2D eigenvalue weighted by Gasteiger charge is 2.84. The molecule has 0 radical (unpaired) electrons. The molecule has 1 N–H and O–H groups in total. The summed E-state index contributed by atoms with van der Waals surface area (Å²) in [6.45, 7) is 1.84. The van der Waals surface area contributed by atoms with Crippen molar-refractivity contribution in [2.45, 2.75) is 25.0 Å². The molecule has 2 aliphatic rings. The molecule has 6 heteroatoms. The van der Waals surface area contributed by atoms with Crippen molar-refractivity contribution in [3.8, 4) is 11.5 Å². The fourth-order valence-electron chi connectivity index (χ4n) is 3.98. The Labute approximate surface area is 156 Å². The molecule has 0 bridgehead atoms. The molecular formula is C21H20O6. The Morgan fingerprint density at radius 1 is 1.22 bits per heavy atom. The van der Waals surface area contributed by atoms with E-state index in [1.165, 1.54) is 7.11 Å². The van der Waals surface area contributed by atoms with E-state index in [9.17, 15) is 14.7 Å². The van der Waals surface area contributed by atoms with Gasteiger partial charge in [0, 0.05) is 23.6 Å². The zero-order chi connectivity index (χ0) is 19.2. The summed E-state index contributed by atoms with van der Waals surface area (Å²) in [4.78, 5) is 26.1. The Morgan fingerprint density at radius 2 is 1.96 bits per heavy atom. The number of fused-ring (bicyclic) bond motifs is 2. The van der Waals surface area contributed by atoms with Gasteiger partial charge in [0.2, 0.25) is 5.60 Å². The lowest BCUT2D eigenvalue weighted by atomic mass is 9.80. The number of carbonyl (C=O) groups excluding carboxylic acids is 2. The number of carbonyl (C=O) groups is 2. The number of aliphatic hydroxyl groups is 1. The van der Waals surface area contributed by atoms with Gasteiger partial charge >= 0.3 is 5.97 Å². The maximum atomic E-state index is 13.3. The Bertz CT molecular complexity index is 908. The van der Waals surface area contributed by atoms with Gasteiger partial charge in [0.25, 0.3) is 0 Å². The molecule has 1 saturated carbocycles. The maximum Gasteiger partial charge on any atom is 0.351 e. The van der Waals surface area contributed by atoms with Crippen LogP contribution in [0.1, 0.15) is 35.4 Å². The lowest BCUT2D eigenvalue weighted by Gasteiger charge is -2.34. The molecule has 0 spiro atoms. The minimum Gasteiger partial charge on any atom is -0.497 e. The number of benzene rings is 2. The van der Waals surface area contributed by atoms with Gasteiger partial charge in [0.05, 0.1) is 13.7 Å². The molecule has 1 fully saturated rings. The van der Waals surface area contributed by atoms with Crippen molar-refractivity contribution in [3.05, 3.63) is 59.7 Å². The lowest BCUT2D eigenvalue weighted by Crippen LogP contribution is -2.46. The van der Waals surface area contributed by atoms with Crippen LogP contribution in [-0.4, -0.2) is 36.2 Å². The number of Topliss-reactive ketones (excluding diaryl/α,β-unsaturated/α-hetero) is 1. The van der Waals surface area contributed by atoms with Crippen molar-refractivity contribution < 1.29 is 28.9 Å². The normalized spacial score (nSPS) is 27.6. The number of methoxy groups -OCH3 is 1. The minimum atomic E-state index is -1.53. The summed E-state index contributed by atoms with van der Waals surface area (Å²) in [5.74, 6) is -0.113. The molecule has 6 nitrogen and oxygen atoms in total. The third-order valence-corrected chi connectivity index (χ3v) is 5.44. The van der Waals surface area contributed by atoms with Gasteiger partial charge in [-0.15, -0.1) is 0 Å². The van der Waals surface area contributed by atoms with E-state index in [1.54, 1.807) is 55.5 Å². The first-order valence-corrected chi connectivity index (χ1v) is 8.82. The molecule has 0 amide bonds. The van der Waals surface area contributed by atoms with Gasteiger partial charge in [-0.2, -0.15) is 0 Å². The second-order valence-electron chi connectivity index (χ2n) is 6.80. The molecule has 140 valence electrons. The molecule has 0 saturated heterocycles. The summed E-state index contributed by atoms with van der Waals surface area (Å²) in [7, 11) is 1.52. The zero-order valence-electron chi connectivity index (χ0n) is 15.1. The molecule has 2 aromatic rings. The molecule has 0 unspecified atom stereocenters. The second-order valence-corrected chi connectivity index (χ2v) is 6.80. The third kappa shape index (κ3) is 2.29. The highest BCUT2D eigenvalue weighted by molar-refractivity contribution is 6.10. The largest absolute Gasteiger partial charge is 0.497 e. The van der Waals surface area contributed by atoms with E-state index >= 15 is 0 Å². The van der Waals surface area contributed by atoms with Crippen LogP contribution in [-0.2, 0) is 9.53 Å². The van der Waals surface area contributed by atoms with E-state index in [4.69, 9.17) is 14.2 Å². The van der Waals surface area contributed by atoms with Crippen molar-refractivity contribution in [1.82, 2.24) is 0 Å². The minimum absolute atomic E-state index is 0.0602. The van der Waals surface area contributed by atoms with E-state index in [2.05, 4.69) is 0 Å². The van der Waals surface area contributed by atoms with Crippen LogP contribution in [0.25, 0.3) is 0 Å². The van der Waals surface area contributed by atoms with Gasteiger partial charge in [-0.1, -0.05) is 30.3 Å². The van der Waals surface area contributed by atoms with Gasteiger partial charge < -0.3 is 19.3 Å². The van der Waals surface area contributed by atoms with Gasteiger partial charge in [0.1, 0.15) is 23.0 Å². The van der Waals surface area contributed by atoms with Crippen LogP contribution >= 0.6 is 0 Å². The van der Waals surface area contributed by atoms with E-state index in [0.29, 0.717) is 22.6 Å². The highest BCUT2D eigenvalue weighted by atomic mass is 16.6. The van der Waals surface area contributed by atoms with Crippen molar-refractivity contribution >= 4 is 11.8 Å². The summed E-state index contributed by atoms with van der Waals surface area (Å²) in [5.41, 5.74) is -2.06. The lowest BCUT2D eigenvalue weighted by molar-refractivity contribution is -0.158. The van der Waals surface area contributed by atoms with Crippen molar-refractivity contribution in [1.29, 1.82) is 0 Å². The molecule has 2 aromatic carbocycles. The molecule has 1 heterocycles. The average molecular weight is 368 g/mol. The number of hydrogen-bond donors (Lipinski definition) is 1. The fourth-order valence-corrected chi connectivity index (χ4v) is 3.98. The van der Waals surface area contributed by atoms with Crippen molar-refractivity contribution in [2.24, 2.45) is 5.41 Å². The van der Waals surface area contributed by atoms with Crippen LogP contribution in [0, 0.1) is 5.41 Å². The average Bonchev–Trinajstić information content (AvgIpc) is 3.40. The predicted octanol–water partition coefficient (Wildman–Crippen LogP) is 2.70. The Kier molecular flexibility index (Phi) is 3.96. The summed E-state index contributed by atoms with van der Waals surface area (Å²) in [6.07, 6.45) is -1.13. The fraction of sp³-hybridized carbons (Fsp3) is 0.333. The van der Waals surface area contributed by atoms with Crippen molar-refractivity contribution in [3.63, 3.8) is 0 Å². The number of ether oxygens (including phenoxy) is 3. The number of hydrogen-bond acceptors (Lipinski definition) is 6. The summed E-state index contributed by atoms with van der Waals surface area (Å²) in [5, 5.41) is 11.2. The first-order chi connectivity index (χ1) is 13.0. The molecule has 0 aromatic heterocycles. The van der Waals surface area contributed by atoms with Crippen LogP contribution < -0.4 is 9.47 Å². The van der Waals surface area contributed by atoms with Crippen molar-refractivity contribution in [2.75, 3.05) is 13.7 Å². The first kappa shape index (κ1) is 17.5. The summed E-state index contributed by atoms with van der Waals surface area (Å²) in [6, 6.07) is 13.6. The maximum absolute atomic E-state index is 13.3. The van der Waals surface area contributed by atoms with Gasteiger partial charge in [0.15, 0.2) is 5.78 Å². The van der Waals surface area contributed by atoms with Crippen LogP contribution in [0.5, 0.6) is 11.5 Å². The van der Waals surface area contributed by atoms with Crippen LogP contribution in [0.15, 0.2) is 48.5 Å². The second kappa shape index (κ2) is 6.09. The van der Waals surface area contributed by atoms with Crippen LogP contribution in [0.2, 0.25) is 0 Å². The highest BCUT2D eigenvalue weighted by Crippen LogP contribution is 2.70.